The minimum atomic E-state index is -0.675. The standard InChI is InChI=1S/C19H22N2O2S/c1-12(2)16-10-5-7-13(3)17(16)21-19(23)18(22)20-14-8-6-9-15(11-14)24-4/h5-12H,1-4H3,(H,20,22)(H,21,23). The average Bonchev–Trinajstić information content (AvgIpc) is 2.56. The molecule has 0 saturated carbocycles. The quantitative estimate of drug-likeness (QED) is 0.639. The largest absolute Gasteiger partial charge is 0.318 e. The Labute approximate surface area is 147 Å². The van der Waals surface area contributed by atoms with Gasteiger partial charge in [0, 0.05) is 16.3 Å². The van der Waals surface area contributed by atoms with Crippen LogP contribution in [-0.4, -0.2) is 18.1 Å². The third kappa shape index (κ3) is 4.38. The number of carbonyl (C=O) groups is 2. The zero-order chi connectivity index (χ0) is 17.7. The van der Waals surface area contributed by atoms with Crippen LogP contribution in [0.25, 0.3) is 0 Å². The van der Waals surface area contributed by atoms with Crippen molar-refractivity contribution >= 4 is 35.0 Å². The monoisotopic (exact) mass is 342 g/mol. The second-order valence-corrected chi connectivity index (χ2v) is 6.71. The number of amides is 2. The molecular weight excluding hydrogens is 320 g/mol. The summed E-state index contributed by atoms with van der Waals surface area (Å²) in [6.45, 7) is 6.03. The van der Waals surface area contributed by atoms with Gasteiger partial charge in [-0.3, -0.25) is 9.59 Å². The van der Waals surface area contributed by atoms with Gasteiger partial charge in [0.1, 0.15) is 0 Å². The molecule has 4 nitrogen and oxygen atoms in total. The molecule has 0 atom stereocenters. The van der Waals surface area contributed by atoms with Crippen LogP contribution in [0.2, 0.25) is 0 Å². The Balaban J connectivity index is 2.14. The summed E-state index contributed by atoms with van der Waals surface area (Å²) in [6, 6.07) is 13.2. The number of anilines is 2. The number of hydrogen-bond donors (Lipinski definition) is 2. The average molecular weight is 342 g/mol. The van der Waals surface area contributed by atoms with Gasteiger partial charge in [-0.05, 0) is 48.4 Å². The molecule has 126 valence electrons. The molecule has 0 aliphatic carbocycles. The normalized spacial score (nSPS) is 10.5. The second-order valence-electron chi connectivity index (χ2n) is 5.83. The van der Waals surface area contributed by atoms with Crippen LogP contribution in [-0.2, 0) is 9.59 Å². The summed E-state index contributed by atoms with van der Waals surface area (Å²) in [6.07, 6.45) is 1.96. The summed E-state index contributed by atoms with van der Waals surface area (Å²) in [4.78, 5) is 25.5. The first-order valence-electron chi connectivity index (χ1n) is 7.78. The number of nitrogens with one attached hydrogen (secondary N) is 2. The van der Waals surface area contributed by atoms with Gasteiger partial charge in [-0.15, -0.1) is 11.8 Å². The van der Waals surface area contributed by atoms with Gasteiger partial charge in [-0.2, -0.15) is 0 Å². The van der Waals surface area contributed by atoms with Gasteiger partial charge >= 0.3 is 11.8 Å². The maximum atomic E-state index is 12.3. The molecule has 0 fully saturated rings. The molecule has 0 aliphatic heterocycles. The molecule has 0 bridgehead atoms. The van der Waals surface area contributed by atoms with Crippen molar-refractivity contribution in [2.24, 2.45) is 0 Å². The highest BCUT2D eigenvalue weighted by Crippen LogP contribution is 2.27. The summed E-state index contributed by atoms with van der Waals surface area (Å²) in [5.41, 5.74) is 3.27. The Morgan fingerprint density at radius 1 is 1.00 bits per heavy atom. The lowest BCUT2D eigenvalue weighted by molar-refractivity contribution is -0.133. The first-order valence-corrected chi connectivity index (χ1v) is 9.00. The van der Waals surface area contributed by atoms with Gasteiger partial charge in [0.2, 0.25) is 0 Å². The van der Waals surface area contributed by atoms with Gasteiger partial charge in [0.25, 0.3) is 0 Å². The Bertz CT molecular complexity index is 757. The molecule has 0 unspecified atom stereocenters. The Hall–Kier alpha value is -2.27. The van der Waals surface area contributed by atoms with E-state index in [2.05, 4.69) is 24.5 Å². The third-order valence-electron chi connectivity index (χ3n) is 3.70. The maximum absolute atomic E-state index is 12.3. The van der Waals surface area contributed by atoms with Crippen LogP contribution in [0.1, 0.15) is 30.9 Å². The van der Waals surface area contributed by atoms with E-state index in [4.69, 9.17) is 0 Å². The Morgan fingerprint density at radius 3 is 2.33 bits per heavy atom. The van der Waals surface area contributed by atoms with Crippen LogP contribution in [0.3, 0.4) is 0 Å². The Kier molecular flexibility index (Phi) is 6.04. The lowest BCUT2D eigenvalue weighted by Crippen LogP contribution is -2.29. The highest BCUT2D eigenvalue weighted by atomic mass is 32.2. The summed E-state index contributed by atoms with van der Waals surface area (Å²) < 4.78 is 0. The van der Waals surface area contributed by atoms with Crippen molar-refractivity contribution in [2.75, 3.05) is 16.9 Å². The number of hydrogen-bond acceptors (Lipinski definition) is 3. The first-order chi connectivity index (χ1) is 11.4. The van der Waals surface area contributed by atoms with Gasteiger partial charge in [0.15, 0.2) is 0 Å². The van der Waals surface area contributed by atoms with Gasteiger partial charge in [-0.25, -0.2) is 0 Å². The van der Waals surface area contributed by atoms with Gasteiger partial charge < -0.3 is 10.6 Å². The molecule has 0 heterocycles. The van der Waals surface area contributed by atoms with E-state index in [1.807, 2.05) is 49.6 Å². The molecule has 2 amide bonds. The van der Waals surface area contributed by atoms with Gasteiger partial charge in [-0.1, -0.05) is 38.1 Å². The molecule has 0 radical (unpaired) electrons. The first kappa shape index (κ1) is 18.1. The number of benzene rings is 2. The number of rotatable bonds is 4. The van der Waals surface area contributed by atoms with E-state index < -0.39 is 11.8 Å². The fourth-order valence-corrected chi connectivity index (χ4v) is 2.86. The van der Waals surface area contributed by atoms with Crippen molar-refractivity contribution < 1.29 is 9.59 Å². The van der Waals surface area contributed by atoms with Crippen molar-refractivity contribution in [1.82, 2.24) is 0 Å². The SMILES string of the molecule is CSc1cccc(NC(=O)C(=O)Nc2c(C)cccc2C(C)C)c1. The zero-order valence-electron chi connectivity index (χ0n) is 14.3. The molecule has 5 heteroatoms. The van der Waals surface area contributed by atoms with E-state index in [9.17, 15) is 9.59 Å². The summed E-state index contributed by atoms with van der Waals surface area (Å²) in [7, 11) is 0. The van der Waals surface area contributed by atoms with E-state index in [0.717, 1.165) is 16.0 Å². The van der Waals surface area contributed by atoms with Crippen molar-refractivity contribution in [3.05, 3.63) is 53.6 Å². The Morgan fingerprint density at radius 2 is 1.67 bits per heavy atom. The molecule has 24 heavy (non-hydrogen) atoms. The van der Waals surface area contributed by atoms with Crippen molar-refractivity contribution in [2.45, 2.75) is 31.6 Å². The fraction of sp³-hybridized carbons (Fsp3) is 0.263. The van der Waals surface area contributed by atoms with E-state index in [1.54, 1.807) is 17.8 Å². The van der Waals surface area contributed by atoms with Crippen LogP contribution in [0.4, 0.5) is 11.4 Å². The van der Waals surface area contributed by atoms with Crippen LogP contribution in [0.15, 0.2) is 47.4 Å². The second kappa shape index (κ2) is 8.02. The number of para-hydroxylation sites is 1. The molecule has 2 aromatic rings. The van der Waals surface area contributed by atoms with Crippen LogP contribution in [0.5, 0.6) is 0 Å². The number of carbonyl (C=O) groups excluding carboxylic acids is 2. The van der Waals surface area contributed by atoms with Crippen molar-refractivity contribution in [1.29, 1.82) is 0 Å². The lowest BCUT2D eigenvalue weighted by atomic mass is 9.98. The minimum Gasteiger partial charge on any atom is -0.318 e. The van der Waals surface area contributed by atoms with Crippen LogP contribution < -0.4 is 10.6 Å². The zero-order valence-corrected chi connectivity index (χ0v) is 15.2. The molecule has 2 rings (SSSR count). The fourth-order valence-electron chi connectivity index (χ4n) is 2.40. The molecule has 0 aliphatic rings. The number of aryl methyl sites for hydroxylation is 1. The van der Waals surface area contributed by atoms with Crippen LogP contribution in [0, 0.1) is 6.92 Å². The predicted octanol–water partition coefficient (Wildman–Crippen LogP) is 4.42. The maximum Gasteiger partial charge on any atom is 0.314 e. The number of thioether (sulfide) groups is 1. The van der Waals surface area contributed by atoms with E-state index in [-0.39, 0.29) is 5.92 Å². The predicted molar refractivity (Wildman–Crippen MR) is 101 cm³/mol. The van der Waals surface area contributed by atoms with E-state index in [1.165, 1.54) is 0 Å². The van der Waals surface area contributed by atoms with E-state index >= 15 is 0 Å². The molecule has 2 N–H and O–H groups in total. The highest BCUT2D eigenvalue weighted by molar-refractivity contribution is 7.98. The topological polar surface area (TPSA) is 58.2 Å². The van der Waals surface area contributed by atoms with Crippen LogP contribution >= 0.6 is 11.8 Å². The smallest absolute Gasteiger partial charge is 0.314 e. The molecule has 0 aromatic heterocycles. The van der Waals surface area contributed by atoms with E-state index in [0.29, 0.717) is 11.4 Å². The van der Waals surface area contributed by atoms with Crippen molar-refractivity contribution in [3.63, 3.8) is 0 Å². The van der Waals surface area contributed by atoms with Gasteiger partial charge in [0.05, 0.1) is 0 Å². The summed E-state index contributed by atoms with van der Waals surface area (Å²) >= 11 is 1.58. The highest BCUT2D eigenvalue weighted by Gasteiger charge is 2.18. The third-order valence-corrected chi connectivity index (χ3v) is 4.42. The molecular formula is C19H22N2O2S. The minimum absolute atomic E-state index is 0.251. The molecule has 2 aromatic carbocycles. The molecule has 0 spiro atoms. The summed E-state index contributed by atoms with van der Waals surface area (Å²) in [5.74, 6) is -1.09. The molecule has 0 saturated heterocycles. The van der Waals surface area contributed by atoms with Crippen molar-refractivity contribution in [3.8, 4) is 0 Å². The lowest BCUT2D eigenvalue weighted by Gasteiger charge is -2.16. The summed E-state index contributed by atoms with van der Waals surface area (Å²) in [5, 5.41) is 5.39.